The van der Waals surface area contributed by atoms with Gasteiger partial charge in [-0.2, -0.15) is 13.2 Å². The third-order valence-corrected chi connectivity index (χ3v) is 4.10. The number of nitrogens with one attached hydrogen (secondary N) is 1. The lowest BCUT2D eigenvalue weighted by Crippen LogP contribution is -2.28. The highest BCUT2D eigenvalue weighted by Gasteiger charge is 2.32. The number of pyridine rings is 1. The van der Waals surface area contributed by atoms with Crippen LogP contribution in [-0.4, -0.2) is 20.9 Å². The fraction of sp³-hybridized carbons (Fsp3) is 0.158. The highest BCUT2D eigenvalue weighted by atomic mass is 35.5. The fourth-order valence-electron chi connectivity index (χ4n) is 2.60. The zero-order valence-electron chi connectivity index (χ0n) is 14.5. The first kappa shape index (κ1) is 19.8. The minimum atomic E-state index is -4.61. The Bertz CT molecular complexity index is 996. The summed E-state index contributed by atoms with van der Waals surface area (Å²) >= 11 is 5.75. The first-order chi connectivity index (χ1) is 13.3. The molecule has 0 bridgehead atoms. The standard InChI is InChI=1S/C19H14ClF3N4O/c1-11(16-17(26-7-6-25-16)15-4-2-3-5-24-15)27-18(28)12-8-13(19(21,22)23)10-14(20)9-12/h2-11H,1H3,(H,27,28)/t11-/m1/s1. The summed E-state index contributed by atoms with van der Waals surface area (Å²) in [6.45, 7) is 1.66. The maximum atomic E-state index is 13.0. The minimum Gasteiger partial charge on any atom is -0.344 e. The van der Waals surface area contributed by atoms with Gasteiger partial charge in [0.25, 0.3) is 5.91 Å². The number of aromatic nitrogens is 3. The minimum absolute atomic E-state index is 0.179. The molecule has 2 aromatic heterocycles. The van der Waals surface area contributed by atoms with Crippen LogP contribution in [0.5, 0.6) is 0 Å². The lowest BCUT2D eigenvalue weighted by atomic mass is 10.1. The van der Waals surface area contributed by atoms with Crippen LogP contribution in [0.2, 0.25) is 5.02 Å². The molecule has 1 aromatic carbocycles. The third kappa shape index (κ3) is 4.45. The number of rotatable bonds is 4. The molecule has 2 heterocycles. The number of hydrogen-bond acceptors (Lipinski definition) is 4. The van der Waals surface area contributed by atoms with Crippen molar-refractivity contribution in [2.45, 2.75) is 19.1 Å². The monoisotopic (exact) mass is 406 g/mol. The topological polar surface area (TPSA) is 67.8 Å². The van der Waals surface area contributed by atoms with Crippen LogP contribution in [0.1, 0.15) is 34.6 Å². The molecule has 5 nitrogen and oxygen atoms in total. The van der Waals surface area contributed by atoms with E-state index in [9.17, 15) is 18.0 Å². The van der Waals surface area contributed by atoms with Crippen LogP contribution in [0, 0.1) is 0 Å². The number of amides is 1. The van der Waals surface area contributed by atoms with Crippen molar-refractivity contribution in [3.05, 3.63) is 76.8 Å². The van der Waals surface area contributed by atoms with E-state index in [1.807, 2.05) is 0 Å². The Hall–Kier alpha value is -3.00. The molecule has 0 aliphatic rings. The van der Waals surface area contributed by atoms with E-state index in [2.05, 4.69) is 20.3 Å². The number of carbonyl (C=O) groups excluding carboxylic acids is 1. The van der Waals surface area contributed by atoms with Gasteiger partial charge in [0, 0.05) is 29.2 Å². The maximum Gasteiger partial charge on any atom is 0.416 e. The van der Waals surface area contributed by atoms with Crippen molar-refractivity contribution >= 4 is 17.5 Å². The Kier molecular flexibility index (Phi) is 5.60. The smallest absolute Gasteiger partial charge is 0.344 e. The second-order valence-corrected chi connectivity index (χ2v) is 6.36. The van der Waals surface area contributed by atoms with Crippen LogP contribution >= 0.6 is 11.6 Å². The van der Waals surface area contributed by atoms with Crippen LogP contribution in [0.3, 0.4) is 0 Å². The molecule has 0 aliphatic carbocycles. The van der Waals surface area contributed by atoms with Crippen molar-refractivity contribution in [2.75, 3.05) is 0 Å². The predicted molar refractivity (Wildman–Crippen MR) is 97.6 cm³/mol. The molecule has 0 fully saturated rings. The average Bonchev–Trinajstić information content (AvgIpc) is 2.67. The van der Waals surface area contributed by atoms with Gasteiger partial charge in [-0.25, -0.2) is 0 Å². The Labute approximate surface area is 163 Å². The third-order valence-electron chi connectivity index (χ3n) is 3.88. The molecule has 3 aromatic rings. The molecular weight excluding hydrogens is 393 g/mol. The first-order valence-corrected chi connectivity index (χ1v) is 8.54. The summed E-state index contributed by atoms with van der Waals surface area (Å²) in [6.07, 6.45) is -0.0511. The summed E-state index contributed by atoms with van der Waals surface area (Å²) in [4.78, 5) is 25.2. The Balaban J connectivity index is 1.88. The SMILES string of the molecule is C[C@@H](NC(=O)c1cc(Cl)cc(C(F)(F)F)c1)c1nccnc1-c1ccccn1. The summed E-state index contributed by atoms with van der Waals surface area (Å²) in [6, 6.07) is 7.35. The summed E-state index contributed by atoms with van der Waals surface area (Å²) < 4.78 is 38.9. The molecule has 0 saturated carbocycles. The molecule has 3 rings (SSSR count). The van der Waals surface area contributed by atoms with Gasteiger partial charge in [-0.3, -0.25) is 19.7 Å². The Morgan fingerprint density at radius 1 is 1.07 bits per heavy atom. The molecular formula is C19H14ClF3N4O. The van der Waals surface area contributed by atoms with Gasteiger partial charge >= 0.3 is 6.18 Å². The molecule has 0 radical (unpaired) electrons. The van der Waals surface area contributed by atoms with Gasteiger partial charge in [0.15, 0.2) is 0 Å². The molecule has 144 valence electrons. The van der Waals surface area contributed by atoms with Crippen LogP contribution < -0.4 is 5.32 Å². The van der Waals surface area contributed by atoms with Crippen molar-refractivity contribution in [2.24, 2.45) is 0 Å². The lowest BCUT2D eigenvalue weighted by molar-refractivity contribution is -0.137. The number of alkyl halides is 3. The van der Waals surface area contributed by atoms with E-state index < -0.39 is 23.7 Å². The van der Waals surface area contributed by atoms with Crippen molar-refractivity contribution < 1.29 is 18.0 Å². The predicted octanol–water partition coefficient (Wildman–Crippen LogP) is 4.70. The Morgan fingerprint density at radius 2 is 1.82 bits per heavy atom. The van der Waals surface area contributed by atoms with E-state index in [4.69, 9.17) is 11.6 Å². The molecule has 9 heteroatoms. The second kappa shape index (κ2) is 7.93. The molecule has 1 atom stereocenters. The van der Waals surface area contributed by atoms with Crippen molar-refractivity contribution in [1.82, 2.24) is 20.3 Å². The highest BCUT2D eigenvalue weighted by Crippen LogP contribution is 2.32. The van der Waals surface area contributed by atoms with Crippen LogP contribution in [0.25, 0.3) is 11.4 Å². The first-order valence-electron chi connectivity index (χ1n) is 8.16. The van der Waals surface area contributed by atoms with Crippen molar-refractivity contribution in [1.29, 1.82) is 0 Å². The number of nitrogens with zero attached hydrogens (tertiary/aromatic N) is 3. The average molecular weight is 407 g/mol. The van der Waals surface area contributed by atoms with Crippen molar-refractivity contribution in [3.63, 3.8) is 0 Å². The molecule has 0 spiro atoms. The molecule has 0 aliphatic heterocycles. The van der Waals surface area contributed by atoms with Gasteiger partial charge in [-0.05, 0) is 37.3 Å². The van der Waals surface area contributed by atoms with E-state index in [1.54, 1.807) is 31.3 Å². The van der Waals surface area contributed by atoms with Crippen LogP contribution in [0.4, 0.5) is 13.2 Å². The summed E-state index contributed by atoms with van der Waals surface area (Å²) in [5.41, 5.74) is 0.279. The van der Waals surface area contributed by atoms with E-state index in [0.29, 0.717) is 17.1 Å². The largest absolute Gasteiger partial charge is 0.416 e. The van der Waals surface area contributed by atoms with E-state index >= 15 is 0 Å². The summed E-state index contributed by atoms with van der Waals surface area (Å²) in [5, 5.41) is 2.45. The molecule has 1 amide bonds. The van der Waals surface area contributed by atoms with Gasteiger partial charge in [-0.1, -0.05) is 17.7 Å². The van der Waals surface area contributed by atoms with Gasteiger partial charge in [0.05, 0.1) is 23.0 Å². The van der Waals surface area contributed by atoms with Gasteiger partial charge in [0.2, 0.25) is 0 Å². The van der Waals surface area contributed by atoms with E-state index in [1.165, 1.54) is 18.5 Å². The number of halogens is 4. The zero-order chi connectivity index (χ0) is 20.3. The zero-order valence-corrected chi connectivity index (χ0v) is 15.3. The number of hydrogen-bond donors (Lipinski definition) is 1. The van der Waals surface area contributed by atoms with E-state index in [0.717, 1.165) is 12.1 Å². The summed E-state index contributed by atoms with van der Waals surface area (Å²) in [5.74, 6) is -0.710. The van der Waals surface area contributed by atoms with Crippen LogP contribution in [-0.2, 0) is 6.18 Å². The van der Waals surface area contributed by atoms with Gasteiger partial charge < -0.3 is 5.32 Å². The number of carbonyl (C=O) groups is 1. The second-order valence-electron chi connectivity index (χ2n) is 5.93. The lowest BCUT2D eigenvalue weighted by Gasteiger charge is -2.17. The molecule has 28 heavy (non-hydrogen) atoms. The maximum absolute atomic E-state index is 13.0. The van der Waals surface area contributed by atoms with Gasteiger partial charge in [0.1, 0.15) is 5.69 Å². The normalized spacial score (nSPS) is 12.5. The highest BCUT2D eigenvalue weighted by molar-refractivity contribution is 6.31. The van der Waals surface area contributed by atoms with Crippen LogP contribution in [0.15, 0.2) is 55.0 Å². The molecule has 1 N–H and O–H groups in total. The summed E-state index contributed by atoms with van der Waals surface area (Å²) in [7, 11) is 0. The van der Waals surface area contributed by atoms with E-state index in [-0.39, 0.29) is 10.6 Å². The quantitative estimate of drug-likeness (QED) is 0.681. The molecule has 0 unspecified atom stereocenters. The molecule has 0 saturated heterocycles. The van der Waals surface area contributed by atoms with Crippen molar-refractivity contribution in [3.8, 4) is 11.4 Å². The van der Waals surface area contributed by atoms with Gasteiger partial charge in [-0.15, -0.1) is 0 Å². The number of benzene rings is 1. The fourth-order valence-corrected chi connectivity index (χ4v) is 2.83. The Morgan fingerprint density at radius 3 is 2.50 bits per heavy atom.